The maximum atomic E-state index is 12.0. The molecule has 1 fully saturated rings. The lowest BCUT2D eigenvalue weighted by molar-refractivity contribution is -0.121. The van der Waals surface area contributed by atoms with Gasteiger partial charge in [-0.3, -0.25) is 19.4 Å². The van der Waals surface area contributed by atoms with Crippen molar-refractivity contribution in [1.29, 1.82) is 0 Å². The molecule has 0 aliphatic carbocycles. The third-order valence-electron chi connectivity index (χ3n) is 4.45. The minimum Gasteiger partial charge on any atom is -0.355 e. The third-order valence-corrected chi connectivity index (χ3v) is 5.85. The maximum absolute atomic E-state index is 12.0. The van der Waals surface area contributed by atoms with Gasteiger partial charge in [-0.2, -0.15) is 0 Å². The predicted octanol–water partition coefficient (Wildman–Crippen LogP) is -0.0515. The Bertz CT molecular complexity index is 779. The molecule has 0 atom stereocenters. The summed E-state index contributed by atoms with van der Waals surface area (Å²) in [5.41, 5.74) is 0.591. The van der Waals surface area contributed by atoms with Gasteiger partial charge in [-0.15, -0.1) is 12.4 Å². The number of nitrogens with zero attached hydrogens (tertiary/aromatic N) is 2. The van der Waals surface area contributed by atoms with Gasteiger partial charge in [0.2, 0.25) is 5.91 Å². The summed E-state index contributed by atoms with van der Waals surface area (Å²) in [7, 11) is -3.50. The summed E-state index contributed by atoms with van der Waals surface area (Å²) in [5.74, 6) is 0.368. The Morgan fingerprint density at radius 3 is 2.74 bits per heavy atom. The second-order valence-electron chi connectivity index (χ2n) is 6.38. The number of amidine groups is 1. The van der Waals surface area contributed by atoms with Gasteiger partial charge in [0.15, 0.2) is 0 Å². The van der Waals surface area contributed by atoms with Gasteiger partial charge in [-0.25, -0.2) is 8.42 Å². The van der Waals surface area contributed by atoms with E-state index in [0.29, 0.717) is 37.3 Å². The summed E-state index contributed by atoms with van der Waals surface area (Å²) in [5, 5.41) is 6.22. The topological polar surface area (TPSA) is 103 Å². The molecule has 3 N–H and O–H groups in total. The lowest BCUT2D eigenvalue weighted by Gasteiger charge is -2.27. The molecule has 1 saturated heterocycles. The molecule has 1 amide bonds. The Labute approximate surface area is 166 Å². The summed E-state index contributed by atoms with van der Waals surface area (Å²) in [4.78, 5) is 18.8. The van der Waals surface area contributed by atoms with E-state index in [2.05, 4.69) is 25.2 Å². The van der Waals surface area contributed by atoms with Gasteiger partial charge in [0.1, 0.15) is 5.84 Å². The van der Waals surface area contributed by atoms with Crippen LogP contribution in [0.5, 0.6) is 0 Å². The van der Waals surface area contributed by atoms with Crippen LogP contribution in [-0.4, -0.2) is 70.9 Å². The molecule has 0 unspecified atom stereocenters. The van der Waals surface area contributed by atoms with Gasteiger partial charge < -0.3 is 10.6 Å². The number of piperazine rings is 1. The molecule has 1 aromatic rings. The number of benzene rings is 1. The zero-order valence-corrected chi connectivity index (χ0v) is 16.7. The molecule has 0 saturated carbocycles. The molecule has 2 heterocycles. The van der Waals surface area contributed by atoms with Crippen LogP contribution >= 0.6 is 12.4 Å². The van der Waals surface area contributed by atoms with Crippen molar-refractivity contribution in [1.82, 2.24) is 20.3 Å². The quantitative estimate of drug-likeness (QED) is 0.542. The van der Waals surface area contributed by atoms with Crippen LogP contribution in [0.2, 0.25) is 0 Å². The highest BCUT2D eigenvalue weighted by Gasteiger charge is 2.29. The molecule has 3 rings (SSSR count). The Morgan fingerprint density at radius 1 is 1.22 bits per heavy atom. The highest BCUT2D eigenvalue weighted by Crippen LogP contribution is 2.22. The number of sulfonamides is 1. The fourth-order valence-electron chi connectivity index (χ4n) is 3.06. The van der Waals surface area contributed by atoms with Gasteiger partial charge in [0, 0.05) is 57.8 Å². The number of amides is 1. The molecule has 27 heavy (non-hydrogen) atoms. The molecule has 0 spiro atoms. The fourth-order valence-corrected chi connectivity index (χ4v) is 4.31. The van der Waals surface area contributed by atoms with E-state index in [1.54, 1.807) is 24.3 Å². The van der Waals surface area contributed by atoms with Gasteiger partial charge in [0.05, 0.1) is 4.90 Å². The van der Waals surface area contributed by atoms with Crippen LogP contribution in [-0.2, 0) is 14.8 Å². The third kappa shape index (κ3) is 5.90. The van der Waals surface area contributed by atoms with E-state index in [0.717, 1.165) is 32.7 Å². The van der Waals surface area contributed by atoms with E-state index in [-0.39, 0.29) is 23.2 Å². The number of hydrogen-bond donors (Lipinski definition) is 3. The highest BCUT2D eigenvalue weighted by molar-refractivity contribution is 7.90. The molecule has 0 radical (unpaired) electrons. The van der Waals surface area contributed by atoms with Crippen molar-refractivity contribution < 1.29 is 13.2 Å². The largest absolute Gasteiger partial charge is 0.355 e. The van der Waals surface area contributed by atoms with E-state index >= 15 is 0 Å². The molecule has 150 valence electrons. The highest BCUT2D eigenvalue weighted by atomic mass is 35.5. The Kier molecular flexibility index (Phi) is 8.03. The summed E-state index contributed by atoms with van der Waals surface area (Å²) in [6, 6.07) is 6.76. The van der Waals surface area contributed by atoms with Crippen molar-refractivity contribution in [2.45, 2.75) is 17.7 Å². The molecular formula is C17H26ClN5O3S. The van der Waals surface area contributed by atoms with Crippen molar-refractivity contribution in [3.63, 3.8) is 0 Å². The molecule has 2 aliphatic heterocycles. The molecule has 10 heteroatoms. The number of nitrogens with one attached hydrogen (secondary N) is 3. The number of fused-ring (bicyclic) bond motifs is 1. The average molecular weight is 416 g/mol. The molecule has 1 aromatic carbocycles. The van der Waals surface area contributed by atoms with E-state index in [9.17, 15) is 13.2 Å². The minimum absolute atomic E-state index is 0. The van der Waals surface area contributed by atoms with Crippen molar-refractivity contribution in [3.05, 3.63) is 29.8 Å². The number of carbonyl (C=O) groups is 1. The lowest BCUT2D eigenvalue weighted by atomic mass is 10.2. The van der Waals surface area contributed by atoms with Crippen molar-refractivity contribution >= 4 is 34.2 Å². The molecule has 0 aromatic heterocycles. The second kappa shape index (κ2) is 10.0. The average Bonchev–Trinajstić information content (AvgIpc) is 2.91. The first-order valence-electron chi connectivity index (χ1n) is 8.93. The number of aliphatic imine (C=N–C) groups is 1. The van der Waals surface area contributed by atoms with Gasteiger partial charge in [-0.05, 0) is 18.6 Å². The SMILES string of the molecule is Cl.O=C(CCCN=C1NS(=O)(=O)c2ccccc21)NCCN1CCNCC1. The van der Waals surface area contributed by atoms with Crippen LogP contribution in [0.25, 0.3) is 0 Å². The number of carbonyl (C=O) groups excluding carboxylic acids is 1. The van der Waals surface area contributed by atoms with E-state index < -0.39 is 10.0 Å². The first-order chi connectivity index (χ1) is 12.6. The summed E-state index contributed by atoms with van der Waals surface area (Å²) in [6.07, 6.45) is 0.958. The van der Waals surface area contributed by atoms with Gasteiger partial charge in [0.25, 0.3) is 10.0 Å². The van der Waals surface area contributed by atoms with E-state index in [4.69, 9.17) is 0 Å². The van der Waals surface area contributed by atoms with Crippen molar-refractivity contribution in [2.75, 3.05) is 45.8 Å². The standard InChI is InChI=1S/C17H25N5O3S.ClH/c23-16(19-10-13-22-11-8-18-9-12-22)6-3-7-20-17-14-4-1-2-5-15(14)26(24,25)21-17;/h1-2,4-5,18H,3,6-13H2,(H,19,23)(H,20,21);1H. The number of hydrogen-bond acceptors (Lipinski definition) is 6. The van der Waals surface area contributed by atoms with Crippen LogP contribution in [0, 0.1) is 0 Å². The van der Waals surface area contributed by atoms with Crippen LogP contribution in [0.15, 0.2) is 34.2 Å². The van der Waals surface area contributed by atoms with E-state index in [1.165, 1.54) is 0 Å². The van der Waals surface area contributed by atoms with Gasteiger partial charge in [-0.1, -0.05) is 12.1 Å². The summed E-state index contributed by atoms with van der Waals surface area (Å²) < 4.78 is 26.4. The Morgan fingerprint density at radius 2 is 1.96 bits per heavy atom. The normalized spacial score (nSPS) is 19.8. The lowest BCUT2D eigenvalue weighted by Crippen LogP contribution is -2.46. The molecule has 2 aliphatic rings. The smallest absolute Gasteiger partial charge is 0.263 e. The summed E-state index contributed by atoms with van der Waals surface area (Å²) >= 11 is 0. The first kappa shape index (κ1) is 21.6. The molecule has 8 nitrogen and oxygen atoms in total. The maximum Gasteiger partial charge on any atom is 0.263 e. The molecular weight excluding hydrogens is 390 g/mol. The monoisotopic (exact) mass is 415 g/mol. The van der Waals surface area contributed by atoms with Crippen molar-refractivity contribution in [2.24, 2.45) is 4.99 Å². The Balaban J connectivity index is 0.00000261. The van der Waals surface area contributed by atoms with E-state index in [1.807, 2.05) is 0 Å². The zero-order chi connectivity index (χ0) is 18.4. The van der Waals surface area contributed by atoms with Crippen LogP contribution in [0.1, 0.15) is 18.4 Å². The Hall–Kier alpha value is -1.68. The van der Waals surface area contributed by atoms with Crippen LogP contribution in [0.3, 0.4) is 0 Å². The number of rotatable bonds is 7. The molecule has 0 bridgehead atoms. The van der Waals surface area contributed by atoms with Crippen LogP contribution < -0.4 is 15.4 Å². The predicted molar refractivity (Wildman–Crippen MR) is 107 cm³/mol. The second-order valence-corrected chi connectivity index (χ2v) is 8.03. The summed E-state index contributed by atoms with van der Waals surface area (Å²) in [6.45, 7) is 5.96. The number of halogens is 1. The van der Waals surface area contributed by atoms with Crippen LogP contribution in [0.4, 0.5) is 0 Å². The fraction of sp³-hybridized carbons (Fsp3) is 0.529. The first-order valence-corrected chi connectivity index (χ1v) is 10.4. The van der Waals surface area contributed by atoms with Gasteiger partial charge >= 0.3 is 0 Å². The minimum atomic E-state index is -3.50. The van der Waals surface area contributed by atoms with Crippen molar-refractivity contribution in [3.8, 4) is 0 Å². The zero-order valence-electron chi connectivity index (χ0n) is 15.1.